The van der Waals surface area contributed by atoms with Crippen LogP contribution in [0.3, 0.4) is 0 Å². The normalized spacial score (nSPS) is 14.4. The number of carbonyl (C=O) groups excluding carboxylic acids is 1. The molecular formula is C16H24N2O4. The number of nitrogens with one attached hydrogen (secondary N) is 2. The maximum atomic E-state index is 12.1. The quantitative estimate of drug-likeness (QED) is 0.570. The largest absolute Gasteiger partial charge is 0.508 e. The molecule has 0 radical (unpaired) electrons. The van der Waals surface area contributed by atoms with Gasteiger partial charge in [0.25, 0.3) is 0 Å². The summed E-state index contributed by atoms with van der Waals surface area (Å²) in [6, 6.07) is 4.97. The van der Waals surface area contributed by atoms with Gasteiger partial charge in [0.05, 0.1) is 6.04 Å². The molecule has 22 heavy (non-hydrogen) atoms. The summed E-state index contributed by atoms with van der Waals surface area (Å²) in [6.07, 6.45) is 0.235. The van der Waals surface area contributed by atoms with Gasteiger partial charge in [0.2, 0.25) is 0 Å². The van der Waals surface area contributed by atoms with Gasteiger partial charge in [-0.3, -0.25) is 9.59 Å². The van der Waals surface area contributed by atoms with E-state index >= 15 is 0 Å². The standard InChI is InChI=1S/C16H24N2O4/c1-10(14(20)16(2,3)4)17-18-13(15(21)22)9-11-5-7-12(19)8-6-11/h5-8,10,13,17-19H,9H2,1-4H3,(H,21,22)/t10-,13-/m0/s1. The minimum absolute atomic E-state index is 0.00577. The Kier molecular flexibility index (Phi) is 6.08. The molecule has 0 aromatic heterocycles. The first kappa shape index (κ1) is 18.1. The minimum atomic E-state index is -1.02. The first-order chi connectivity index (χ1) is 10.1. The summed E-state index contributed by atoms with van der Waals surface area (Å²) in [7, 11) is 0. The molecule has 0 fully saturated rings. The van der Waals surface area contributed by atoms with E-state index in [1.807, 2.05) is 20.8 Å². The molecule has 0 saturated carbocycles. The molecule has 122 valence electrons. The van der Waals surface area contributed by atoms with E-state index in [9.17, 15) is 19.8 Å². The van der Waals surface area contributed by atoms with Crippen LogP contribution in [0.4, 0.5) is 0 Å². The van der Waals surface area contributed by atoms with Gasteiger partial charge < -0.3 is 10.2 Å². The summed E-state index contributed by atoms with van der Waals surface area (Å²) in [5, 5.41) is 18.5. The number of carboxylic acids is 1. The third-order valence-corrected chi connectivity index (χ3v) is 3.28. The predicted octanol–water partition coefficient (Wildman–Crippen LogP) is 1.49. The molecule has 0 amide bonds. The summed E-state index contributed by atoms with van der Waals surface area (Å²) >= 11 is 0. The number of aromatic hydroxyl groups is 1. The second kappa shape index (κ2) is 7.38. The predicted molar refractivity (Wildman–Crippen MR) is 83.4 cm³/mol. The number of phenolic OH excluding ortho intramolecular Hbond substituents is 1. The van der Waals surface area contributed by atoms with Gasteiger partial charge in [-0.1, -0.05) is 32.9 Å². The van der Waals surface area contributed by atoms with Gasteiger partial charge >= 0.3 is 5.97 Å². The van der Waals surface area contributed by atoms with E-state index in [1.54, 1.807) is 19.1 Å². The Morgan fingerprint density at radius 2 is 1.68 bits per heavy atom. The zero-order valence-electron chi connectivity index (χ0n) is 13.4. The molecule has 1 aromatic carbocycles. The lowest BCUT2D eigenvalue weighted by molar-refractivity contribution is -0.140. The molecule has 1 rings (SSSR count). The van der Waals surface area contributed by atoms with Crippen molar-refractivity contribution in [2.24, 2.45) is 5.41 Å². The van der Waals surface area contributed by atoms with E-state index in [-0.39, 0.29) is 18.0 Å². The van der Waals surface area contributed by atoms with E-state index in [0.29, 0.717) is 0 Å². The van der Waals surface area contributed by atoms with Crippen molar-refractivity contribution in [1.82, 2.24) is 10.9 Å². The minimum Gasteiger partial charge on any atom is -0.508 e. The fourth-order valence-electron chi connectivity index (χ4n) is 2.01. The number of aliphatic carboxylic acids is 1. The van der Waals surface area contributed by atoms with E-state index in [4.69, 9.17) is 0 Å². The maximum absolute atomic E-state index is 12.1. The van der Waals surface area contributed by atoms with Crippen LogP contribution in [0.5, 0.6) is 5.75 Å². The second-order valence-electron chi connectivity index (χ2n) is 6.39. The van der Waals surface area contributed by atoms with Gasteiger partial charge in [0.1, 0.15) is 11.8 Å². The van der Waals surface area contributed by atoms with Gasteiger partial charge in [0, 0.05) is 5.41 Å². The lowest BCUT2D eigenvalue weighted by atomic mass is 9.87. The van der Waals surface area contributed by atoms with Gasteiger partial charge in [-0.2, -0.15) is 0 Å². The summed E-state index contributed by atoms with van der Waals surface area (Å²) < 4.78 is 0. The van der Waals surface area contributed by atoms with Crippen molar-refractivity contribution >= 4 is 11.8 Å². The van der Waals surface area contributed by atoms with Gasteiger partial charge in [-0.25, -0.2) is 10.9 Å². The Balaban J connectivity index is 2.64. The van der Waals surface area contributed by atoms with Crippen LogP contribution < -0.4 is 10.9 Å². The van der Waals surface area contributed by atoms with Crippen molar-refractivity contribution in [2.45, 2.75) is 46.2 Å². The molecule has 0 aliphatic heterocycles. The first-order valence-electron chi connectivity index (χ1n) is 7.17. The van der Waals surface area contributed by atoms with Crippen LogP contribution in [0.15, 0.2) is 24.3 Å². The summed E-state index contributed by atoms with van der Waals surface area (Å²) in [5.74, 6) is -0.893. The molecule has 0 unspecified atom stereocenters. The zero-order chi connectivity index (χ0) is 16.9. The summed E-state index contributed by atoms with van der Waals surface area (Å²) in [5.41, 5.74) is 5.75. The first-order valence-corrected chi connectivity index (χ1v) is 7.17. The van der Waals surface area contributed by atoms with Crippen molar-refractivity contribution in [3.8, 4) is 5.75 Å². The molecule has 6 nitrogen and oxygen atoms in total. The van der Waals surface area contributed by atoms with Crippen LogP contribution >= 0.6 is 0 Å². The van der Waals surface area contributed by atoms with E-state index in [0.717, 1.165) is 5.56 Å². The van der Waals surface area contributed by atoms with Gasteiger partial charge in [-0.15, -0.1) is 0 Å². The molecular weight excluding hydrogens is 284 g/mol. The SMILES string of the molecule is C[C@H](NN[C@@H](Cc1ccc(O)cc1)C(=O)O)C(=O)C(C)(C)C. The van der Waals surface area contributed by atoms with Gasteiger partial charge in [0.15, 0.2) is 5.78 Å². The highest BCUT2D eigenvalue weighted by Crippen LogP contribution is 2.16. The second-order valence-corrected chi connectivity index (χ2v) is 6.39. The van der Waals surface area contributed by atoms with Gasteiger partial charge in [-0.05, 0) is 31.0 Å². The average Bonchev–Trinajstić information content (AvgIpc) is 2.42. The van der Waals surface area contributed by atoms with Crippen molar-refractivity contribution in [2.75, 3.05) is 0 Å². The number of benzene rings is 1. The number of ketones is 1. The molecule has 6 heteroatoms. The Bertz CT molecular complexity index is 520. The van der Waals surface area contributed by atoms with Crippen molar-refractivity contribution < 1.29 is 19.8 Å². The number of hydrogen-bond acceptors (Lipinski definition) is 5. The van der Waals surface area contributed by atoms with Crippen LogP contribution in [-0.4, -0.2) is 34.0 Å². The lowest BCUT2D eigenvalue weighted by Gasteiger charge is -2.24. The number of rotatable bonds is 7. The average molecular weight is 308 g/mol. The van der Waals surface area contributed by atoms with E-state index in [1.165, 1.54) is 12.1 Å². The molecule has 0 aliphatic carbocycles. The maximum Gasteiger partial charge on any atom is 0.322 e. The van der Waals surface area contributed by atoms with Crippen molar-refractivity contribution in [1.29, 1.82) is 0 Å². The highest BCUT2D eigenvalue weighted by atomic mass is 16.4. The Hall–Kier alpha value is -1.92. The number of hydrazine groups is 1. The molecule has 0 bridgehead atoms. The van der Waals surface area contributed by atoms with Crippen LogP contribution in [0.1, 0.15) is 33.3 Å². The topological polar surface area (TPSA) is 98.7 Å². The third-order valence-electron chi connectivity index (χ3n) is 3.28. The van der Waals surface area contributed by atoms with E-state index < -0.39 is 23.5 Å². The zero-order valence-corrected chi connectivity index (χ0v) is 13.4. The molecule has 4 N–H and O–H groups in total. The number of carboxylic acid groups (broad SMARTS) is 1. The Labute approximate surface area is 130 Å². The van der Waals surface area contributed by atoms with Crippen LogP contribution in [0.2, 0.25) is 0 Å². The monoisotopic (exact) mass is 308 g/mol. The fraction of sp³-hybridized carbons (Fsp3) is 0.500. The highest BCUT2D eigenvalue weighted by Gasteiger charge is 2.27. The summed E-state index contributed by atoms with van der Waals surface area (Å²) in [6.45, 7) is 7.15. The van der Waals surface area contributed by atoms with Crippen LogP contribution in [0.25, 0.3) is 0 Å². The Morgan fingerprint density at radius 3 is 2.14 bits per heavy atom. The molecule has 0 aliphatic rings. The molecule has 1 aromatic rings. The summed E-state index contributed by atoms with van der Waals surface area (Å²) in [4.78, 5) is 23.4. The Morgan fingerprint density at radius 1 is 1.14 bits per heavy atom. The lowest BCUT2D eigenvalue weighted by Crippen LogP contribution is -2.53. The molecule has 0 saturated heterocycles. The smallest absolute Gasteiger partial charge is 0.322 e. The number of carbonyl (C=O) groups is 2. The van der Waals surface area contributed by atoms with Crippen molar-refractivity contribution in [3.63, 3.8) is 0 Å². The highest BCUT2D eigenvalue weighted by molar-refractivity contribution is 5.88. The number of Topliss-reactive ketones (excluding diaryl/α,β-unsaturated/α-hetero) is 1. The number of hydrogen-bond donors (Lipinski definition) is 4. The number of phenols is 1. The van der Waals surface area contributed by atoms with E-state index in [2.05, 4.69) is 10.9 Å². The molecule has 2 atom stereocenters. The molecule has 0 heterocycles. The third kappa shape index (κ3) is 5.46. The van der Waals surface area contributed by atoms with Crippen molar-refractivity contribution in [3.05, 3.63) is 29.8 Å². The molecule has 0 spiro atoms. The van der Waals surface area contributed by atoms with Crippen LogP contribution in [0, 0.1) is 5.41 Å². The van der Waals surface area contributed by atoms with Crippen LogP contribution in [-0.2, 0) is 16.0 Å². The fourth-order valence-corrected chi connectivity index (χ4v) is 2.01.